The predicted molar refractivity (Wildman–Crippen MR) is 106 cm³/mol. The van der Waals surface area contributed by atoms with Crippen LogP contribution < -0.4 is 10.6 Å². The number of nitrogens with zero attached hydrogens (tertiary/aromatic N) is 4. The predicted octanol–water partition coefficient (Wildman–Crippen LogP) is 2.02. The number of aromatic nitrogens is 2. The molecule has 2 heterocycles. The van der Waals surface area contributed by atoms with Crippen LogP contribution in [0.15, 0.2) is 47.7 Å². The van der Waals surface area contributed by atoms with E-state index in [0.717, 1.165) is 38.7 Å². The Morgan fingerprint density at radius 1 is 1.31 bits per heavy atom. The zero-order valence-electron chi connectivity index (χ0n) is 15.9. The van der Waals surface area contributed by atoms with Crippen molar-refractivity contribution in [2.45, 2.75) is 38.9 Å². The van der Waals surface area contributed by atoms with Crippen molar-refractivity contribution in [3.8, 4) is 0 Å². The monoisotopic (exact) mass is 354 g/mol. The third-order valence-corrected chi connectivity index (χ3v) is 4.71. The summed E-state index contributed by atoms with van der Waals surface area (Å²) < 4.78 is 1.96. The van der Waals surface area contributed by atoms with Crippen LogP contribution in [0, 0.1) is 6.92 Å². The second kappa shape index (κ2) is 9.38. The molecule has 6 nitrogen and oxygen atoms in total. The molecule has 0 amide bonds. The smallest absolute Gasteiger partial charge is 0.191 e. The first-order valence-electron chi connectivity index (χ1n) is 9.45. The van der Waals surface area contributed by atoms with Gasteiger partial charge in [0, 0.05) is 38.9 Å². The average Bonchev–Trinajstić information content (AvgIpc) is 3.07. The lowest BCUT2D eigenvalue weighted by atomic mass is 10.0. The van der Waals surface area contributed by atoms with Gasteiger partial charge in [0.2, 0.25) is 0 Å². The van der Waals surface area contributed by atoms with Crippen molar-refractivity contribution in [3.63, 3.8) is 0 Å². The molecule has 0 spiro atoms. The zero-order chi connectivity index (χ0) is 18.2. The Hall–Kier alpha value is -2.34. The minimum Gasteiger partial charge on any atom is -0.355 e. The molecule has 1 atom stereocenters. The fourth-order valence-electron chi connectivity index (χ4n) is 3.42. The minimum atomic E-state index is 0.436. The average molecular weight is 355 g/mol. The van der Waals surface area contributed by atoms with E-state index in [1.165, 1.54) is 24.0 Å². The first-order valence-corrected chi connectivity index (χ1v) is 9.45. The van der Waals surface area contributed by atoms with Gasteiger partial charge >= 0.3 is 0 Å². The van der Waals surface area contributed by atoms with Crippen LogP contribution in [-0.4, -0.2) is 53.4 Å². The van der Waals surface area contributed by atoms with Crippen molar-refractivity contribution >= 4 is 5.96 Å². The van der Waals surface area contributed by atoms with Gasteiger partial charge in [-0.1, -0.05) is 30.3 Å². The van der Waals surface area contributed by atoms with E-state index >= 15 is 0 Å². The van der Waals surface area contributed by atoms with Crippen molar-refractivity contribution < 1.29 is 0 Å². The molecule has 1 aliphatic rings. The van der Waals surface area contributed by atoms with Crippen LogP contribution in [0.4, 0.5) is 0 Å². The minimum absolute atomic E-state index is 0.436. The molecule has 1 saturated heterocycles. The van der Waals surface area contributed by atoms with Gasteiger partial charge < -0.3 is 10.6 Å². The van der Waals surface area contributed by atoms with Crippen LogP contribution in [0.5, 0.6) is 0 Å². The highest BCUT2D eigenvalue weighted by Gasteiger charge is 2.20. The molecule has 1 aromatic carbocycles. The number of hydrogen-bond acceptors (Lipinski definition) is 3. The second-order valence-corrected chi connectivity index (χ2v) is 6.98. The topological polar surface area (TPSA) is 57.5 Å². The third-order valence-electron chi connectivity index (χ3n) is 4.71. The molecule has 1 aromatic heterocycles. The molecular weight excluding hydrogens is 324 g/mol. The molecule has 1 unspecified atom stereocenters. The summed E-state index contributed by atoms with van der Waals surface area (Å²) in [5, 5.41) is 11.3. The van der Waals surface area contributed by atoms with E-state index < -0.39 is 0 Å². The van der Waals surface area contributed by atoms with Crippen molar-refractivity contribution in [1.82, 2.24) is 25.3 Å². The van der Waals surface area contributed by atoms with Gasteiger partial charge in [-0.15, -0.1) is 0 Å². The Bertz CT molecular complexity index is 693. The standard InChI is InChI=1S/C20H30N6/c1-17-13-23-26(14-17)12-10-22-20(21-2)24-19-9-6-11-25(16-19)15-18-7-4-3-5-8-18/h3-5,7-8,13-14,19H,6,9-12,15-16H2,1-2H3,(H2,21,22,24). The maximum atomic E-state index is 4.37. The van der Waals surface area contributed by atoms with Crippen molar-refractivity contribution in [2.24, 2.45) is 4.99 Å². The van der Waals surface area contributed by atoms with Gasteiger partial charge in [0.1, 0.15) is 0 Å². The van der Waals surface area contributed by atoms with Crippen LogP contribution in [0.25, 0.3) is 0 Å². The summed E-state index contributed by atoms with van der Waals surface area (Å²) in [5.74, 6) is 0.875. The van der Waals surface area contributed by atoms with Gasteiger partial charge in [-0.25, -0.2) is 0 Å². The van der Waals surface area contributed by atoms with E-state index in [0.29, 0.717) is 6.04 Å². The third kappa shape index (κ3) is 5.59. The number of rotatable bonds is 6. The summed E-state index contributed by atoms with van der Waals surface area (Å²) in [4.78, 5) is 6.90. The van der Waals surface area contributed by atoms with Gasteiger partial charge in [-0.3, -0.25) is 14.6 Å². The van der Waals surface area contributed by atoms with Crippen LogP contribution in [0.3, 0.4) is 0 Å². The van der Waals surface area contributed by atoms with Gasteiger partial charge in [-0.2, -0.15) is 5.10 Å². The molecule has 0 saturated carbocycles. The van der Waals surface area contributed by atoms with E-state index in [4.69, 9.17) is 0 Å². The molecule has 3 rings (SSSR count). The van der Waals surface area contributed by atoms with Crippen LogP contribution in [-0.2, 0) is 13.1 Å². The van der Waals surface area contributed by atoms with Crippen LogP contribution >= 0.6 is 0 Å². The number of likely N-dealkylation sites (tertiary alicyclic amines) is 1. The van der Waals surface area contributed by atoms with Crippen LogP contribution in [0.2, 0.25) is 0 Å². The van der Waals surface area contributed by atoms with Crippen LogP contribution in [0.1, 0.15) is 24.0 Å². The molecular formula is C20H30N6. The van der Waals surface area contributed by atoms with E-state index in [2.05, 4.69) is 69.1 Å². The lowest BCUT2D eigenvalue weighted by molar-refractivity contribution is 0.192. The summed E-state index contributed by atoms with van der Waals surface area (Å²) in [6.07, 6.45) is 6.34. The van der Waals surface area contributed by atoms with Gasteiger partial charge in [0.05, 0.1) is 12.7 Å². The first-order chi connectivity index (χ1) is 12.7. The molecule has 1 aliphatic heterocycles. The van der Waals surface area contributed by atoms with E-state index in [1.807, 2.05) is 17.9 Å². The molecule has 6 heteroatoms. The van der Waals surface area contributed by atoms with Crippen molar-refractivity contribution in [3.05, 3.63) is 53.9 Å². The molecule has 2 aromatic rings. The molecule has 1 fully saturated rings. The molecule has 140 valence electrons. The Kier molecular flexibility index (Phi) is 6.66. The highest BCUT2D eigenvalue weighted by molar-refractivity contribution is 5.79. The summed E-state index contributed by atoms with van der Waals surface area (Å²) in [7, 11) is 1.83. The van der Waals surface area contributed by atoms with Gasteiger partial charge in [-0.05, 0) is 37.4 Å². The number of guanidine groups is 1. The lowest BCUT2D eigenvalue weighted by Crippen LogP contribution is -2.51. The summed E-state index contributed by atoms with van der Waals surface area (Å²) in [5.41, 5.74) is 2.57. The largest absolute Gasteiger partial charge is 0.355 e. The molecule has 0 radical (unpaired) electrons. The fraction of sp³-hybridized carbons (Fsp3) is 0.500. The molecule has 0 bridgehead atoms. The maximum absolute atomic E-state index is 4.37. The summed E-state index contributed by atoms with van der Waals surface area (Å²) in [6.45, 7) is 6.93. The zero-order valence-corrected chi connectivity index (χ0v) is 15.9. The Balaban J connectivity index is 1.43. The molecule has 0 aliphatic carbocycles. The fourth-order valence-corrected chi connectivity index (χ4v) is 3.42. The number of benzene rings is 1. The Labute approximate surface area is 156 Å². The quantitative estimate of drug-likeness (QED) is 0.616. The highest BCUT2D eigenvalue weighted by atomic mass is 15.3. The number of aliphatic imine (C=N–C) groups is 1. The summed E-state index contributed by atoms with van der Waals surface area (Å²) >= 11 is 0. The molecule has 2 N–H and O–H groups in total. The van der Waals surface area contributed by atoms with E-state index in [-0.39, 0.29) is 0 Å². The van der Waals surface area contributed by atoms with Crippen molar-refractivity contribution in [2.75, 3.05) is 26.7 Å². The Morgan fingerprint density at radius 2 is 2.15 bits per heavy atom. The highest BCUT2D eigenvalue weighted by Crippen LogP contribution is 2.13. The van der Waals surface area contributed by atoms with Gasteiger partial charge in [0.15, 0.2) is 5.96 Å². The number of aryl methyl sites for hydroxylation is 1. The first kappa shape index (κ1) is 18.5. The summed E-state index contributed by atoms with van der Waals surface area (Å²) in [6, 6.07) is 11.1. The van der Waals surface area contributed by atoms with E-state index in [1.54, 1.807) is 0 Å². The number of hydrogen-bond donors (Lipinski definition) is 2. The second-order valence-electron chi connectivity index (χ2n) is 6.98. The molecule has 26 heavy (non-hydrogen) atoms. The van der Waals surface area contributed by atoms with Gasteiger partial charge in [0.25, 0.3) is 0 Å². The Morgan fingerprint density at radius 3 is 2.88 bits per heavy atom. The lowest BCUT2D eigenvalue weighted by Gasteiger charge is -2.34. The maximum Gasteiger partial charge on any atom is 0.191 e. The normalized spacial score (nSPS) is 18.7. The van der Waals surface area contributed by atoms with E-state index in [9.17, 15) is 0 Å². The number of nitrogens with one attached hydrogen (secondary N) is 2. The van der Waals surface area contributed by atoms with Crippen molar-refractivity contribution in [1.29, 1.82) is 0 Å². The SMILES string of the molecule is CN=C(NCCn1cc(C)cn1)NC1CCCN(Cc2ccccc2)C1. The number of piperidine rings is 1.